The average Bonchev–Trinajstić information content (AvgIpc) is 2.67. The molecule has 0 saturated heterocycles. The molecule has 1 unspecified atom stereocenters. The van der Waals surface area contributed by atoms with Gasteiger partial charge in [0.25, 0.3) is 0 Å². The number of hydrogen-bond donors (Lipinski definition) is 1. The minimum atomic E-state index is 0.760. The first kappa shape index (κ1) is 12.4. The summed E-state index contributed by atoms with van der Waals surface area (Å²) in [5.74, 6) is 1.33. The SMILES string of the molecule is CCCC(CSC1CCCC1)NCC. The van der Waals surface area contributed by atoms with Crippen LogP contribution in [0.3, 0.4) is 0 Å². The summed E-state index contributed by atoms with van der Waals surface area (Å²) in [7, 11) is 0. The lowest BCUT2D eigenvalue weighted by Crippen LogP contribution is -2.31. The second kappa shape index (κ2) is 7.58. The van der Waals surface area contributed by atoms with Gasteiger partial charge in [0.2, 0.25) is 0 Å². The van der Waals surface area contributed by atoms with Crippen LogP contribution in [0.4, 0.5) is 0 Å². The van der Waals surface area contributed by atoms with Crippen molar-refractivity contribution in [3.05, 3.63) is 0 Å². The van der Waals surface area contributed by atoms with Gasteiger partial charge >= 0.3 is 0 Å². The lowest BCUT2D eigenvalue weighted by Gasteiger charge is -2.18. The molecule has 0 spiro atoms. The number of hydrogen-bond acceptors (Lipinski definition) is 2. The predicted octanol–water partition coefficient (Wildman–Crippen LogP) is 3.44. The monoisotopic (exact) mass is 215 g/mol. The molecule has 0 heterocycles. The smallest absolute Gasteiger partial charge is 0.0158 e. The summed E-state index contributed by atoms with van der Waals surface area (Å²) < 4.78 is 0. The Bertz CT molecular complexity index is 126. The minimum Gasteiger partial charge on any atom is -0.313 e. The summed E-state index contributed by atoms with van der Waals surface area (Å²) in [6.07, 6.45) is 8.52. The Morgan fingerprint density at radius 1 is 1.29 bits per heavy atom. The summed E-state index contributed by atoms with van der Waals surface area (Å²) in [5, 5.41) is 4.57. The Morgan fingerprint density at radius 3 is 2.57 bits per heavy atom. The summed E-state index contributed by atoms with van der Waals surface area (Å²) >= 11 is 2.21. The highest BCUT2D eigenvalue weighted by Crippen LogP contribution is 2.29. The molecule has 0 aromatic heterocycles. The van der Waals surface area contributed by atoms with E-state index in [4.69, 9.17) is 0 Å². The fourth-order valence-electron chi connectivity index (χ4n) is 2.19. The van der Waals surface area contributed by atoms with Gasteiger partial charge < -0.3 is 5.32 Å². The summed E-state index contributed by atoms with van der Waals surface area (Å²) in [4.78, 5) is 0. The largest absolute Gasteiger partial charge is 0.313 e. The van der Waals surface area contributed by atoms with Crippen LogP contribution in [0, 0.1) is 0 Å². The van der Waals surface area contributed by atoms with Crippen LogP contribution in [0.1, 0.15) is 52.4 Å². The summed E-state index contributed by atoms with van der Waals surface area (Å²) in [5.41, 5.74) is 0. The van der Waals surface area contributed by atoms with E-state index in [2.05, 4.69) is 30.9 Å². The number of nitrogens with one attached hydrogen (secondary N) is 1. The fourth-order valence-corrected chi connectivity index (χ4v) is 3.64. The third-order valence-corrected chi connectivity index (χ3v) is 4.50. The van der Waals surface area contributed by atoms with Crippen molar-refractivity contribution in [1.29, 1.82) is 0 Å². The highest BCUT2D eigenvalue weighted by molar-refractivity contribution is 7.99. The maximum Gasteiger partial charge on any atom is 0.0158 e. The van der Waals surface area contributed by atoms with Crippen molar-refractivity contribution in [3.63, 3.8) is 0 Å². The average molecular weight is 215 g/mol. The van der Waals surface area contributed by atoms with Crippen molar-refractivity contribution in [3.8, 4) is 0 Å². The zero-order chi connectivity index (χ0) is 10.2. The minimum absolute atomic E-state index is 0.760. The molecule has 1 aliphatic rings. The first-order valence-corrected chi connectivity index (χ1v) is 7.26. The molecule has 1 saturated carbocycles. The first-order chi connectivity index (χ1) is 6.86. The van der Waals surface area contributed by atoms with Crippen LogP contribution in [0.5, 0.6) is 0 Å². The molecule has 1 atom stereocenters. The lowest BCUT2D eigenvalue weighted by atomic mass is 10.2. The Morgan fingerprint density at radius 2 is 2.00 bits per heavy atom. The molecule has 1 fully saturated rings. The maximum atomic E-state index is 3.59. The molecule has 2 heteroatoms. The van der Waals surface area contributed by atoms with Crippen LogP contribution in [-0.2, 0) is 0 Å². The van der Waals surface area contributed by atoms with Gasteiger partial charge in [0, 0.05) is 17.0 Å². The molecule has 0 amide bonds. The highest BCUT2D eigenvalue weighted by atomic mass is 32.2. The first-order valence-electron chi connectivity index (χ1n) is 6.21. The van der Waals surface area contributed by atoms with Gasteiger partial charge in [-0.15, -0.1) is 0 Å². The van der Waals surface area contributed by atoms with Crippen LogP contribution < -0.4 is 5.32 Å². The van der Waals surface area contributed by atoms with Crippen molar-refractivity contribution in [1.82, 2.24) is 5.32 Å². The Hall–Kier alpha value is 0.310. The normalized spacial score (nSPS) is 20.1. The second-order valence-electron chi connectivity index (χ2n) is 4.28. The molecule has 0 radical (unpaired) electrons. The Labute approximate surface area is 93.4 Å². The van der Waals surface area contributed by atoms with E-state index in [0.29, 0.717) is 0 Å². The molecule has 84 valence electrons. The van der Waals surface area contributed by atoms with Gasteiger partial charge in [0.15, 0.2) is 0 Å². The molecule has 0 aliphatic heterocycles. The van der Waals surface area contributed by atoms with Crippen LogP contribution in [0.25, 0.3) is 0 Å². The van der Waals surface area contributed by atoms with Crippen molar-refractivity contribution < 1.29 is 0 Å². The summed E-state index contributed by atoms with van der Waals surface area (Å²) in [6, 6.07) is 0.760. The Kier molecular flexibility index (Phi) is 6.70. The molecule has 0 aromatic rings. The molecule has 14 heavy (non-hydrogen) atoms. The van der Waals surface area contributed by atoms with Crippen molar-refractivity contribution in [2.45, 2.75) is 63.7 Å². The van der Waals surface area contributed by atoms with E-state index in [0.717, 1.165) is 17.8 Å². The van der Waals surface area contributed by atoms with Gasteiger partial charge in [0.05, 0.1) is 0 Å². The van der Waals surface area contributed by atoms with Crippen LogP contribution >= 0.6 is 11.8 Å². The van der Waals surface area contributed by atoms with E-state index in [1.807, 2.05) is 0 Å². The topological polar surface area (TPSA) is 12.0 Å². The highest BCUT2D eigenvalue weighted by Gasteiger charge is 2.16. The molecule has 0 bridgehead atoms. The molecule has 1 nitrogen and oxygen atoms in total. The van der Waals surface area contributed by atoms with Crippen LogP contribution in [0.15, 0.2) is 0 Å². The molecule has 0 aromatic carbocycles. The van der Waals surface area contributed by atoms with E-state index >= 15 is 0 Å². The van der Waals surface area contributed by atoms with Gasteiger partial charge in [-0.3, -0.25) is 0 Å². The zero-order valence-corrected chi connectivity index (χ0v) is 10.5. The fraction of sp³-hybridized carbons (Fsp3) is 1.00. The second-order valence-corrected chi connectivity index (χ2v) is 5.62. The zero-order valence-electron chi connectivity index (χ0n) is 9.72. The van der Waals surface area contributed by atoms with Gasteiger partial charge in [0.1, 0.15) is 0 Å². The maximum absolute atomic E-state index is 3.59. The standard InChI is InChI=1S/C12H25NS/c1-3-7-11(13-4-2)10-14-12-8-5-6-9-12/h11-13H,3-10H2,1-2H3. The van der Waals surface area contributed by atoms with Gasteiger partial charge in [-0.25, -0.2) is 0 Å². The third kappa shape index (κ3) is 4.70. The van der Waals surface area contributed by atoms with Gasteiger partial charge in [-0.1, -0.05) is 33.1 Å². The number of rotatable bonds is 7. The van der Waals surface area contributed by atoms with E-state index < -0.39 is 0 Å². The number of thioether (sulfide) groups is 1. The molecule has 1 N–H and O–H groups in total. The molecular weight excluding hydrogens is 190 g/mol. The van der Waals surface area contributed by atoms with E-state index in [9.17, 15) is 0 Å². The molecule has 1 rings (SSSR count). The molecule has 1 aliphatic carbocycles. The van der Waals surface area contributed by atoms with Crippen molar-refractivity contribution in [2.75, 3.05) is 12.3 Å². The van der Waals surface area contributed by atoms with Gasteiger partial charge in [-0.2, -0.15) is 11.8 Å². The Balaban J connectivity index is 2.10. The lowest BCUT2D eigenvalue weighted by molar-refractivity contribution is 0.530. The predicted molar refractivity (Wildman–Crippen MR) is 67.1 cm³/mol. The van der Waals surface area contributed by atoms with Crippen LogP contribution in [0.2, 0.25) is 0 Å². The summed E-state index contributed by atoms with van der Waals surface area (Å²) in [6.45, 7) is 5.61. The van der Waals surface area contributed by atoms with E-state index in [1.54, 1.807) is 0 Å². The van der Waals surface area contributed by atoms with E-state index in [-0.39, 0.29) is 0 Å². The van der Waals surface area contributed by atoms with E-state index in [1.165, 1.54) is 44.3 Å². The van der Waals surface area contributed by atoms with Crippen molar-refractivity contribution >= 4 is 11.8 Å². The third-order valence-electron chi connectivity index (χ3n) is 2.97. The quantitative estimate of drug-likeness (QED) is 0.698. The van der Waals surface area contributed by atoms with Gasteiger partial charge in [-0.05, 0) is 25.8 Å². The van der Waals surface area contributed by atoms with Crippen molar-refractivity contribution in [2.24, 2.45) is 0 Å². The molecular formula is C12H25NS. The van der Waals surface area contributed by atoms with Crippen LogP contribution in [-0.4, -0.2) is 23.6 Å².